The molecule has 0 atom stereocenters. The van der Waals surface area contributed by atoms with E-state index in [2.05, 4.69) is 0 Å². The molecule has 0 spiro atoms. The van der Waals surface area contributed by atoms with Crippen LogP contribution in [0.4, 0.5) is 0 Å². The van der Waals surface area contributed by atoms with Gasteiger partial charge in [0.15, 0.2) is 0 Å². The largest absolute Gasteiger partial charge is 0.493 e. The molecule has 0 heterocycles. The monoisotopic (exact) mass is 309 g/mol. The van der Waals surface area contributed by atoms with Crippen molar-refractivity contribution in [1.82, 2.24) is 4.90 Å². The summed E-state index contributed by atoms with van der Waals surface area (Å²) >= 11 is 0. The Morgan fingerprint density at radius 2 is 1.73 bits per heavy atom. The molecule has 0 aliphatic heterocycles. The van der Waals surface area contributed by atoms with Crippen LogP contribution in [0.3, 0.4) is 0 Å². The molecule has 1 aromatic rings. The summed E-state index contributed by atoms with van der Waals surface area (Å²) in [6, 6.07) is 5.32. The van der Waals surface area contributed by atoms with Gasteiger partial charge in [-0.15, -0.1) is 0 Å². The van der Waals surface area contributed by atoms with Crippen molar-refractivity contribution in [3.8, 4) is 11.5 Å². The minimum absolute atomic E-state index is 0.345. The van der Waals surface area contributed by atoms with Crippen molar-refractivity contribution in [2.24, 2.45) is 0 Å². The van der Waals surface area contributed by atoms with Gasteiger partial charge in [0.1, 0.15) is 29.3 Å². The second-order valence-electron chi connectivity index (χ2n) is 6.22. The molecule has 0 saturated heterocycles. The van der Waals surface area contributed by atoms with Gasteiger partial charge >= 0.3 is 5.97 Å². The molecule has 0 aliphatic carbocycles. The highest BCUT2D eigenvalue weighted by Gasteiger charge is 2.25. The van der Waals surface area contributed by atoms with Crippen LogP contribution < -0.4 is 9.47 Å². The third kappa shape index (κ3) is 5.93. The molecule has 0 radical (unpaired) electrons. The summed E-state index contributed by atoms with van der Waals surface area (Å²) in [4.78, 5) is 14.5. The Hall–Kier alpha value is -1.75. The van der Waals surface area contributed by atoms with Gasteiger partial charge in [0, 0.05) is 6.54 Å². The number of carbonyl (C=O) groups excluding carboxylic acids is 1. The number of rotatable bonds is 7. The molecule has 22 heavy (non-hydrogen) atoms. The van der Waals surface area contributed by atoms with Crippen LogP contribution in [0.25, 0.3) is 0 Å². The normalized spacial score (nSPS) is 11.4. The van der Waals surface area contributed by atoms with Gasteiger partial charge in [0.2, 0.25) is 0 Å². The van der Waals surface area contributed by atoms with E-state index in [4.69, 9.17) is 14.2 Å². The van der Waals surface area contributed by atoms with Crippen molar-refractivity contribution >= 4 is 5.97 Å². The number of likely N-dealkylation sites (N-methyl/N-ethyl adjacent to an activating group) is 1. The fraction of sp³-hybridized carbons (Fsp3) is 0.588. The lowest BCUT2D eigenvalue weighted by Gasteiger charge is -2.22. The highest BCUT2D eigenvalue weighted by Crippen LogP contribution is 2.30. The first-order chi connectivity index (χ1) is 10.2. The van der Waals surface area contributed by atoms with Gasteiger partial charge in [0.25, 0.3) is 0 Å². The van der Waals surface area contributed by atoms with Crippen LogP contribution in [0.5, 0.6) is 11.5 Å². The molecule has 0 aromatic heterocycles. The lowest BCUT2D eigenvalue weighted by molar-refractivity contribution is 0.00619. The molecular formula is C17H27NO4. The Labute approximate surface area is 133 Å². The second-order valence-corrected chi connectivity index (χ2v) is 6.22. The van der Waals surface area contributed by atoms with Crippen molar-refractivity contribution in [2.75, 3.05) is 33.9 Å². The average Bonchev–Trinajstić information content (AvgIpc) is 2.36. The lowest BCUT2D eigenvalue weighted by Crippen LogP contribution is -2.25. The van der Waals surface area contributed by atoms with Crippen LogP contribution in [0.1, 0.15) is 38.1 Å². The van der Waals surface area contributed by atoms with Crippen LogP contribution in [0.2, 0.25) is 0 Å². The van der Waals surface area contributed by atoms with E-state index in [1.54, 1.807) is 12.1 Å². The number of hydrogen-bond donors (Lipinski definition) is 0. The number of hydrogen-bond acceptors (Lipinski definition) is 5. The first-order valence-corrected chi connectivity index (χ1v) is 7.51. The zero-order valence-electron chi connectivity index (χ0n) is 14.4. The highest BCUT2D eigenvalue weighted by molar-refractivity contribution is 5.95. The third-order valence-electron chi connectivity index (χ3n) is 2.69. The molecule has 0 aliphatic rings. The van der Waals surface area contributed by atoms with Gasteiger partial charge < -0.3 is 19.1 Å². The summed E-state index contributed by atoms with van der Waals surface area (Å²) in [5.74, 6) is 0.539. The van der Waals surface area contributed by atoms with Crippen molar-refractivity contribution in [2.45, 2.75) is 33.3 Å². The molecule has 1 aromatic carbocycles. The number of ether oxygens (including phenoxy) is 3. The Balaban J connectivity index is 3.04. The van der Waals surface area contributed by atoms with E-state index >= 15 is 0 Å². The summed E-state index contributed by atoms with van der Waals surface area (Å²) in [6.07, 6.45) is 0. The molecule has 0 fully saturated rings. The maximum absolute atomic E-state index is 12.5. The number of benzene rings is 1. The first kappa shape index (κ1) is 18.3. The number of nitrogens with zero attached hydrogens (tertiary/aromatic N) is 1. The summed E-state index contributed by atoms with van der Waals surface area (Å²) in [6.45, 7) is 9.09. The van der Waals surface area contributed by atoms with E-state index in [0.29, 0.717) is 30.3 Å². The fourth-order valence-electron chi connectivity index (χ4n) is 1.78. The van der Waals surface area contributed by atoms with E-state index < -0.39 is 11.6 Å². The van der Waals surface area contributed by atoms with Gasteiger partial charge in [-0.05, 0) is 53.9 Å². The van der Waals surface area contributed by atoms with Crippen LogP contribution >= 0.6 is 0 Å². The second kappa shape index (κ2) is 8.03. The molecule has 0 bridgehead atoms. The minimum Gasteiger partial charge on any atom is -0.493 e. The zero-order valence-corrected chi connectivity index (χ0v) is 14.4. The molecule has 1 rings (SSSR count). The Morgan fingerprint density at radius 1 is 1.14 bits per heavy atom. The van der Waals surface area contributed by atoms with E-state index in [1.165, 1.54) is 0 Å². The van der Waals surface area contributed by atoms with Crippen LogP contribution in [-0.4, -0.2) is 50.3 Å². The van der Waals surface area contributed by atoms with E-state index in [1.807, 2.05) is 52.8 Å². The van der Waals surface area contributed by atoms with Gasteiger partial charge in [0.05, 0.1) is 6.61 Å². The van der Waals surface area contributed by atoms with Crippen molar-refractivity contribution < 1.29 is 19.0 Å². The smallest absolute Gasteiger partial charge is 0.346 e. The predicted molar refractivity (Wildman–Crippen MR) is 86.8 cm³/mol. The molecule has 0 saturated carbocycles. The molecular weight excluding hydrogens is 282 g/mol. The molecule has 0 amide bonds. The van der Waals surface area contributed by atoms with Gasteiger partial charge in [-0.1, -0.05) is 6.07 Å². The van der Waals surface area contributed by atoms with Crippen LogP contribution in [0.15, 0.2) is 18.2 Å². The summed E-state index contributed by atoms with van der Waals surface area (Å²) in [5, 5.41) is 0. The van der Waals surface area contributed by atoms with Gasteiger partial charge in [-0.3, -0.25) is 0 Å². The van der Waals surface area contributed by atoms with E-state index in [-0.39, 0.29) is 0 Å². The third-order valence-corrected chi connectivity index (χ3v) is 2.69. The molecule has 5 heteroatoms. The molecule has 0 unspecified atom stereocenters. The quantitative estimate of drug-likeness (QED) is 0.725. The molecule has 0 N–H and O–H groups in total. The van der Waals surface area contributed by atoms with Crippen LogP contribution in [-0.2, 0) is 4.74 Å². The standard InChI is InChI=1S/C17H27NO4/c1-7-20-13-9-8-10-14(21-12-11-18(5)6)15(13)16(19)22-17(2,3)4/h8-10H,7,11-12H2,1-6H3. The minimum atomic E-state index is -0.572. The molecule has 5 nitrogen and oxygen atoms in total. The van der Waals surface area contributed by atoms with Gasteiger partial charge in [-0.2, -0.15) is 0 Å². The Kier molecular flexibility index (Phi) is 6.68. The highest BCUT2D eigenvalue weighted by atomic mass is 16.6. The number of carbonyl (C=O) groups is 1. The van der Waals surface area contributed by atoms with Crippen molar-refractivity contribution in [3.05, 3.63) is 23.8 Å². The summed E-state index contributed by atoms with van der Waals surface area (Å²) < 4.78 is 16.8. The summed E-state index contributed by atoms with van der Waals surface area (Å²) in [5.41, 5.74) is -0.227. The predicted octanol–water partition coefficient (Wildman–Crippen LogP) is 2.98. The van der Waals surface area contributed by atoms with Crippen molar-refractivity contribution in [1.29, 1.82) is 0 Å². The zero-order chi connectivity index (χ0) is 16.8. The SMILES string of the molecule is CCOc1cccc(OCCN(C)C)c1C(=O)OC(C)(C)C. The first-order valence-electron chi connectivity index (χ1n) is 7.51. The lowest BCUT2D eigenvalue weighted by atomic mass is 10.1. The van der Waals surface area contributed by atoms with Crippen LogP contribution in [0, 0.1) is 0 Å². The Bertz CT molecular complexity index is 492. The maximum atomic E-state index is 12.5. The van der Waals surface area contributed by atoms with Gasteiger partial charge in [-0.25, -0.2) is 4.79 Å². The van der Waals surface area contributed by atoms with Crippen molar-refractivity contribution in [3.63, 3.8) is 0 Å². The fourth-order valence-corrected chi connectivity index (χ4v) is 1.78. The number of esters is 1. The topological polar surface area (TPSA) is 48.0 Å². The van der Waals surface area contributed by atoms with E-state index in [9.17, 15) is 4.79 Å². The Morgan fingerprint density at radius 3 is 2.23 bits per heavy atom. The average molecular weight is 309 g/mol. The summed E-state index contributed by atoms with van der Waals surface area (Å²) in [7, 11) is 3.93. The maximum Gasteiger partial charge on any atom is 0.346 e. The van der Waals surface area contributed by atoms with E-state index in [0.717, 1.165) is 6.54 Å². The molecule has 124 valence electrons.